The first kappa shape index (κ1) is 19.6. The molecule has 0 radical (unpaired) electrons. The van der Waals surface area contributed by atoms with Crippen LogP contribution in [0.2, 0.25) is 0 Å². The second-order valence-electron chi connectivity index (χ2n) is 8.24. The topological polar surface area (TPSA) is 94.1 Å². The Balaban J connectivity index is 2.30. The average Bonchev–Trinajstić information content (AvgIpc) is 3.38. The van der Waals surface area contributed by atoms with Gasteiger partial charge in [0.2, 0.25) is 0 Å². The van der Waals surface area contributed by atoms with E-state index in [-0.39, 0.29) is 5.56 Å². The summed E-state index contributed by atoms with van der Waals surface area (Å²) < 4.78 is 17.8. The number of aromatic nitrogens is 2. The minimum absolute atomic E-state index is 0.175. The van der Waals surface area contributed by atoms with Crippen LogP contribution < -0.4 is 5.56 Å². The standard InChI is InChI=1S/C20H24N4O2S/c1-12-9-14(13(2)23-27(26)19(3,4)5)16-15(10-12)17(25)24(6)18(22-16)20(11-21)7-8-20/h9-10H,7-8H2,1-6H3. The summed E-state index contributed by atoms with van der Waals surface area (Å²) in [6, 6.07) is 6.02. The fourth-order valence-electron chi connectivity index (χ4n) is 3.04. The lowest BCUT2D eigenvalue weighted by Gasteiger charge is -2.19. The highest BCUT2D eigenvalue weighted by Gasteiger charge is 2.48. The van der Waals surface area contributed by atoms with Gasteiger partial charge in [-0.05, 0) is 65.2 Å². The molecule has 6 nitrogen and oxygen atoms in total. The molecule has 1 aromatic carbocycles. The Morgan fingerprint density at radius 1 is 1.41 bits per heavy atom. The summed E-state index contributed by atoms with van der Waals surface area (Å²) in [7, 11) is 1.67. The van der Waals surface area contributed by atoms with Crippen molar-refractivity contribution in [1.82, 2.24) is 9.55 Å². The molecule has 1 unspecified atom stereocenters. The van der Waals surface area contributed by atoms with Crippen LogP contribution in [0.5, 0.6) is 0 Å². The van der Waals surface area contributed by atoms with Crippen LogP contribution in [0.4, 0.5) is 0 Å². The van der Waals surface area contributed by atoms with Gasteiger partial charge in [0, 0.05) is 12.6 Å². The van der Waals surface area contributed by atoms with Crippen LogP contribution in [0, 0.1) is 18.3 Å². The number of nitrogens with zero attached hydrogens (tertiary/aromatic N) is 4. The van der Waals surface area contributed by atoms with E-state index in [9.17, 15) is 14.6 Å². The number of benzene rings is 1. The summed E-state index contributed by atoms with van der Waals surface area (Å²) in [6.07, 6.45) is 1.41. The molecule has 0 amide bonds. The molecule has 3 rings (SSSR count). The van der Waals surface area contributed by atoms with Crippen molar-refractivity contribution < 1.29 is 4.55 Å². The highest BCUT2D eigenvalue weighted by atomic mass is 32.2. The Bertz CT molecular complexity index is 1050. The van der Waals surface area contributed by atoms with Crippen molar-refractivity contribution in [3.05, 3.63) is 39.4 Å². The van der Waals surface area contributed by atoms with Crippen LogP contribution in [0.3, 0.4) is 0 Å². The summed E-state index contributed by atoms with van der Waals surface area (Å²) in [5.41, 5.74) is 1.84. The van der Waals surface area contributed by atoms with Gasteiger partial charge in [0.05, 0.1) is 22.7 Å². The van der Waals surface area contributed by atoms with Gasteiger partial charge in [0.25, 0.3) is 5.56 Å². The average molecular weight is 385 g/mol. The fourth-order valence-corrected chi connectivity index (χ4v) is 3.67. The second-order valence-corrected chi connectivity index (χ2v) is 10.1. The van der Waals surface area contributed by atoms with E-state index in [0.29, 0.717) is 40.8 Å². The van der Waals surface area contributed by atoms with Crippen molar-refractivity contribution in [2.45, 2.75) is 57.6 Å². The van der Waals surface area contributed by atoms with Crippen LogP contribution in [0.25, 0.3) is 10.9 Å². The third kappa shape index (κ3) is 3.40. The molecule has 142 valence electrons. The van der Waals surface area contributed by atoms with Crippen molar-refractivity contribution in [2.75, 3.05) is 0 Å². The predicted octanol–water partition coefficient (Wildman–Crippen LogP) is 3.07. The number of fused-ring (bicyclic) bond motifs is 1. The molecule has 0 aliphatic heterocycles. The number of rotatable bonds is 3. The quantitative estimate of drug-likeness (QED) is 0.600. The molecule has 0 saturated heterocycles. The number of hydrogen-bond acceptors (Lipinski definition) is 5. The summed E-state index contributed by atoms with van der Waals surface area (Å²) in [5.74, 6) is 0.498. The highest BCUT2D eigenvalue weighted by Crippen LogP contribution is 2.46. The van der Waals surface area contributed by atoms with Crippen molar-refractivity contribution in [2.24, 2.45) is 11.4 Å². The maximum atomic E-state index is 13.0. The maximum Gasteiger partial charge on any atom is 0.261 e. The van der Waals surface area contributed by atoms with E-state index in [2.05, 4.69) is 10.5 Å². The minimum atomic E-state index is -1.41. The van der Waals surface area contributed by atoms with E-state index in [1.165, 1.54) is 4.57 Å². The van der Waals surface area contributed by atoms with Crippen LogP contribution in [0.1, 0.15) is 57.5 Å². The largest absolute Gasteiger partial charge is 0.591 e. The van der Waals surface area contributed by atoms with E-state index < -0.39 is 21.5 Å². The van der Waals surface area contributed by atoms with Gasteiger partial charge >= 0.3 is 0 Å². The number of aryl methyl sites for hydroxylation is 1. The van der Waals surface area contributed by atoms with Crippen LogP contribution >= 0.6 is 0 Å². The van der Waals surface area contributed by atoms with E-state index in [4.69, 9.17) is 4.98 Å². The zero-order valence-corrected chi connectivity index (χ0v) is 17.4. The molecule has 1 aromatic heterocycles. The molecule has 0 N–H and O–H groups in total. The van der Waals surface area contributed by atoms with Gasteiger partial charge in [-0.15, -0.1) is 0 Å². The summed E-state index contributed by atoms with van der Waals surface area (Å²) in [6.45, 7) is 9.29. The van der Waals surface area contributed by atoms with E-state index >= 15 is 0 Å². The lowest BCUT2D eigenvalue weighted by Crippen LogP contribution is -2.28. The molecule has 2 aromatic rings. The third-order valence-corrected chi connectivity index (χ3v) is 6.34. The van der Waals surface area contributed by atoms with Crippen LogP contribution in [-0.4, -0.2) is 24.6 Å². The van der Waals surface area contributed by atoms with E-state index in [1.807, 2.05) is 33.8 Å². The zero-order chi connectivity index (χ0) is 20.1. The molecule has 0 spiro atoms. The number of hydrogen-bond donors (Lipinski definition) is 0. The highest BCUT2D eigenvalue weighted by molar-refractivity contribution is 7.91. The van der Waals surface area contributed by atoms with Gasteiger partial charge in [-0.25, -0.2) is 4.98 Å². The van der Waals surface area contributed by atoms with Crippen molar-refractivity contribution >= 4 is 28.0 Å². The van der Waals surface area contributed by atoms with Gasteiger partial charge in [-0.3, -0.25) is 9.36 Å². The first-order valence-electron chi connectivity index (χ1n) is 8.91. The number of nitriles is 1. The molecule has 27 heavy (non-hydrogen) atoms. The Morgan fingerprint density at radius 3 is 2.56 bits per heavy atom. The zero-order valence-electron chi connectivity index (χ0n) is 16.6. The lowest BCUT2D eigenvalue weighted by molar-refractivity contribution is 0.561. The molecule has 1 heterocycles. The predicted molar refractivity (Wildman–Crippen MR) is 108 cm³/mol. The first-order chi connectivity index (χ1) is 12.5. The first-order valence-corrected chi connectivity index (χ1v) is 10.0. The smallest absolute Gasteiger partial charge is 0.261 e. The second kappa shape index (κ2) is 6.47. The van der Waals surface area contributed by atoms with Crippen molar-refractivity contribution in [1.29, 1.82) is 5.26 Å². The maximum absolute atomic E-state index is 13.0. The molecule has 0 bridgehead atoms. The van der Waals surface area contributed by atoms with Gasteiger partial charge in [0.1, 0.15) is 27.3 Å². The monoisotopic (exact) mass is 384 g/mol. The Labute approximate surface area is 162 Å². The van der Waals surface area contributed by atoms with Gasteiger partial charge in [-0.2, -0.15) is 5.26 Å². The van der Waals surface area contributed by atoms with Crippen LogP contribution in [-0.2, 0) is 23.8 Å². The molecule has 1 fully saturated rings. The molecular weight excluding hydrogens is 360 g/mol. The Hall–Kier alpha value is -2.17. The molecule has 1 saturated carbocycles. The van der Waals surface area contributed by atoms with Crippen LogP contribution in [0.15, 0.2) is 21.3 Å². The Morgan fingerprint density at radius 2 is 2.04 bits per heavy atom. The Kier molecular flexibility index (Phi) is 4.69. The summed E-state index contributed by atoms with van der Waals surface area (Å²) >= 11 is -1.41. The van der Waals surface area contributed by atoms with Gasteiger partial charge in [-0.1, -0.05) is 4.40 Å². The normalized spacial score (nSPS) is 17.6. The molecular formula is C20H24N4O2S. The third-order valence-electron chi connectivity index (χ3n) is 4.85. The SMILES string of the molecule is CC(=N[S+]([O-])C(C)(C)C)c1cc(C)cc2c(=O)n(C)c(C3(C#N)CC3)nc12. The van der Waals surface area contributed by atoms with Crippen molar-refractivity contribution in [3.8, 4) is 6.07 Å². The molecule has 1 aliphatic carbocycles. The van der Waals surface area contributed by atoms with E-state index in [0.717, 1.165) is 5.56 Å². The molecule has 1 aliphatic rings. The summed E-state index contributed by atoms with van der Waals surface area (Å²) in [4.78, 5) is 17.7. The molecule has 7 heteroatoms. The van der Waals surface area contributed by atoms with Crippen molar-refractivity contribution in [3.63, 3.8) is 0 Å². The minimum Gasteiger partial charge on any atom is -0.591 e. The fraction of sp³-hybridized carbons (Fsp3) is 0.500. The summed E-state index contributed by atoms with van der Waals surface area (Å²) in [5, 5.41) is 10.0. The molecule has 1 atom stereocenters. The van der Waals surface area contributed by atoms with Gasteiger partial charge < -0.3 is 4.55 Å². The van der Waals surface area contributed by atoms with Gasteiger partial charge in [0.15, 0.2) is 0 Å². The lowest BCUT2D eigenvalue weighted by atomic mass is 10.0. The van der Waals surface area contributed by atoms with E-state index in [1.54, 1.807) is 20.0 Å².